The van der Waals surface area contributed by atoms with Crippen LogP contribution in [0.5, 0.6) is 5.75 Å². The molecule has 1 aliphatic heterocycles. The third kappa shape index (κ3) is 5.75. The summed E-state index contributed by atoms with van der Waals surface area (Å²) in [5.74, 6) is 0.772. The highest BCUT2D eigenvalue weighted by Gasteiger charge is 2.45. The highest BCUT2D eigenvalue weighted by Crippen LogP contribution is 2.47. The highest BCUT2D eigenvalue weighted by atomic mass is 35.5. The van der Waals surface area contributed by atoms with E-state index in [1.807, 2.05) is 68.4 Å². The molecule has 1 atom stereocenters. The first-order valence-electron chi connectivity index (χ1n) is 14.0. The van der Waals surface area contributed by atoms with Crippen molar-refractivity contribution in [2.45, 2.75) is 46.3 Å². The number of methoxy groups -OCH3 is 2. The van der Waals surface area contributed by atoms with Gasteiger partial charge in [-0.05, 0) is 86.3 Å². The molecule has 224 valence electrons. The van der Waals surface area contributed by atoms with Crippen molar-refractivity contribution in [3.05, 3.63) is 98.3 Å². The van der Waals surface area contributed by atoms with Gasteiger partial charge >= 0.3 is 0 Å². The van der Waals surface area contributed by atoms with Gasteiger partial charge < -0.3 is 19.4 Å². The number of anilines is 1. The summed E-state index contributed by atoms with van der Waals surface area (Å²) >= 11 is 12.8. The summed E-state index contributed by atoms with van der Waals surface area (Å²) in [4.78, 5) is 33.2. The lowest BCUT2D eigenvalue weighted by Gasteiger charge is -2.30. The fraction of sp³-hybridized carbons (Fsp3) is 0.303. The third-order valence-corrected chi connectivity index (χ3v) is 8.10. The average Bonchev–Trinajstić information content (AvgIpc) is 3.48. The topological polar surface area (TPSA) is 85.7 Å². The van der Waals surface area contributed by atoms with E-state index >= 15 is 0 Å². The van der Waals surface area contributed by atoms with Gasteiger partial charge in [-0.15, -0.1) is 0 Å². The number of halogens is 2. The van der Waals surface area contributed by atoms with Crippen molar-refractivity contribution in [3.63, 3.8) is 0 Å². The van der Waals surface area contributed by atoms with Crippen LogP contribution >= 0.6 is 23.2 Å². The van der Waals surface area contributed by atoms with Gasteiger partial charge in [0.15, 0.2) is 5.69 Å². The van der Waals surface area contributed by atoms with Crippen LogP contribution in [-0.2, 0) is 16.1 Å². The van der Waals surface area contributed by atoms with E-state index in [0.717, 1.165) is 33.6 Å². The van der Waals surface area contributed by atoms with Gasteiger partial charge in [-0.2, -0.15) is 0 Å². The van der Waals surface area contributed by atoms with Crippen molar-refractivity contribution in [2.24, 2.45) is 0 Å². The number of fused-ring (bicyclic) bond motifs is 1. The first-order valence-corrected chi connectivity index (χ1v) is 14.7. The second-order valence-electron chi connectivity index (χ2n) is 10.9. The maximum absolute atomic E-state index is 14.4. The predicted molar refractivity (Wildman–Crippen MR) is 169 cm³/mol. The summed E-state index contributed by atoms with van der Waals surface area (Å²) < 4.78 is 12.8. The van der Waals surface area contributed by atoms with E-state index in [4.69, 9.17) is 37.7 Å². The van der Waals surface area contributed by atoms with Crippen LogP contribution in [0, 0.1) is 13.8 Å². The largest absolute Gasteiger partial charge is 0.496 e. The van der Waals surface area contributed by atoms with Crippen LogP contribution in [0.2, 0.25) is 10.0 Å². The Bertz CT molecular complexity index is 1720. The van der Waals surface area contributed by atoms with Gasteiger partial charge in [0, 0.05) is 35.4 Å². The zero-order chi connectivity index (χ0) is 31.0. The summed E-state index contributed by atoms with van der Waals surface area (Å²) in [5, 5.41) is 4.02. The molecular weight excluding hydrogens is 587 g/mol. The van der Waals surface area contributed by atoms with Crippen molar-refractivity contribution >= 4 is 40.7 Å². The van der Waals surface area contributed by atoms with Crippen molar-refractivity contribution in [3.8, 4) is 17.1 Å². The van der Waals surface area contributed by atoms with E-state index in [1.165, 1.54) is 7.11 Å². The number of imidazole rings is 1. The number of carbonyl (C=O) groups excluding carboxylic acids is 2. The van der Waals surface area contributed by atoms with E-state index < -0.39 is 6.04 Å². The first-order chi connectivity index (χ1) is 20.5. The number of nitrogens with zero attached hydrogens (tertiary/aromatic N) is 3. The molecular formula is C33H34Cl2N4O4. The number of hydrogen-bond acceptors (Lipinski definition) is 5. The molecule has 1 N–H and O–H groups in total. The number of amides is 2. The van der Waals surface area contributed by atoms with E-state index in [9.17, 15) is 9.59 Å². The second-order valence-corrected chi connectivity index (χ2v) is 11.8. The Balaban J connectivity index is 1.73. The second kappa shape index (κ2) is 12.4. The van der Waals surface area contributed by atoms with E-state index in [0.29, 0.717) is 39.4 Å². The summed E-state index contributed by atoms with van der Waals surface area (Å²) in [6.07, 6.45) is 0. The fourth-order valence-electron chi connectivity index (χ4n) is 5.68. The maximum Gasteiger partial charge on any atom is 0.279 e. The standard InChI is InChI=1S/C33H34Cl2N4O4/c1-18(2)38-31-29(37-32(38)25-14-21(8-12-27(25)43-6)16-36-28(40)17-42-5)33(41)39(26-15-23(35)9-7-19(26)3)30(31)24-11-10-22(34)13-20(24)4/h7-15,18,30H,16-17H2,1-6H3,(H,36,40). The monoisotopic (exact) mass is 620 g/mol. The molecule has 0 radical (unpaired) electrons. The summed E-state index contributed by atoms with van der Waals surface area (Å²) in [6.45, 7) is 8.36. The minimum Gasteiger partial charge on any atom is -0.496 e. The van der Waals surface area contributed by atoms with Gasteiger partial charge in [-0.3, -0.25) is 14.5 Å². The number of ether oxygens (including phenoxy) is 2. The molecule has 2 heterocycles. The Kier molecular flexibility index (Phi) is 8.83. The summed E-state index contributed by atoms with van der Waals surface area (Å²) in [5.41, 5.74) is 6.24. The number of benzene rings is 3. The lowest BCUT2D eigenvalue weighted by atomic mass is 9.97. The van der Waals surface area contributed by atoms with E-state index in [-0.39, 0.29) is 24.5 Å². The van der Waals surface area contributed by atoms with Gasteiger partial charge in [0.05, 0.1) is 18.4 Å². The quantitative estimate of drug-likeness (QED) is 0.216. The number of hydrogen-bond donors (Lipinski definition) is 1. The van der Waals surface area contributed by atoms with Crippen molar-refractivity contribution in [1.82, 2.24) is 14.9 Å². The first kappa shape index (κ1) is 30.6. The minimum atomic E-state index is -0.483. The molecule has 4 aromatic rings. The number of aryl methyl sites for hydroxylation is 2. The molecule has 0 saturated heterocycles. The number of aromatic nitrogens is 2. The van der Waals surface area contributed by atoms with Crippen LogP contribution in [0.4, 0.5) is 5.69 Å². The number of rotatable bonds is 9. The van der Waals surface area contributed by atoms with Crippen LogP contribution in [0.25, 0.3) is 11.4 Å². The van der Waals surface area contributed by atoms with Gasteiger partial charge in [0.1, 0.15) is 24.2 Å². The van der Waals surface area contributed by atoms with E-state index in [2.05, 4.69) is 23.7 Å². The smallest absolute Gasteiger partial charge is 0.279 e. The fourth-order valence-corrected chi connectivity index (χ4v) is 6.07. The maximum atomic E-state index is 14.4. The van der Waals surface area contributed by atoms with Crippen LogP contribution in [0.1, 0.15) is 64.4 Å². The molecule has 1 aliphatic rings. The normalized spacial score (nSPS) is 14.4. The molecule has 0 fully saturated rings. The van der Waals surface area contributed by atoms with Crippen molar-refractivity contribution in [2.75, 3.05) is 25.7 Å². The molecule has 3 aromatic carbocycles. The Morgan fingerprint density at radius 2 is 1.72 bits per heavy atom. The lowest BCUT2D eigenvalue weighted by Crippen LogP contribution is -2.31. The number of nitrogens with one attached hydrogen (secondary N) is 1. The molecule has 0 spiro atoms. The van der Waals surface area contributed by atoms with Crippen LogP contribution in [-0.4, -0.2) is 42.2 Å². The SMILES string of the molecule is COCC(=O)NCc1ccc(OC)c(-c2nc3c(n2C(C)C)C(c2ccc(Cl)cc2C)N(c2cc(Cl)ccc2C)C3=O)c1. The Labute approximate surface area is 261 Å². The minimum absolute atomic E-state index is 0.0241. The molecule has 1 aromatic heterocycles. The van der Waals surface area contributed by atoms with Gasteiger partial charge in [-0.25, -0.2) is 4.98 Å². The van der Waals surface area contributed by atoms with Crippen LogP contribution in [0.15, 0.2) is 54.6 Å². The summed E-state index contributed by atoms with van der Waals surface area (Å²) in [7, 11) is 3.08. The molecule has 8 nitrogen and oxygen atoms in total. The average molecular weight is 622 g/mol. The predicted octanol–water partition coefficient (Wildman–Crippen LogP) is 7.08. The van der Waals surface area contributed by atoms with Gasteiger partial charge in [0.25, 0.3) is 5.91 Å². The van der Waals surface area contributed by atoms with Crippen LogP contribution in [0.3, 0.4) is 0 Å². The molecule has 0 bridgehead atoms. The zero-order valence-corrected chi connectivity index (χ0v) is 26.5. The number of carbonyl (C=O) groups is 2. The lowest BCUT2D eigenvalue weighted by molar-refractivity contribution is -0.124. The molecule has 5 rings (SSSR count). The van der Waals surface area contributed by atoms with Crippen molar-refractivity contribution < 1.29 is 19.1 Å². The molecule has 10 heteroatoms. The van der Waals surface area contributed by atoms with Crippen molar-refractivity contribution in [1.29, 1.82) is 0 Å². The van der Waals surface area contributed by atoms with Gasteiger partial charge in [-0.1, -0.05) is 41.4 Å². The Morgan fingerprint density at radius 3 is 2.40 bits per heavy atom. The van der Waals surface area contributed by atoms with E-state index in [1.54, 1.807) is 12.0 Å². The summed E-state index contributed by atoms with van der Waals surface area (Å²) in [6, 6.07) is 16.4. The Morgan fingerprint density at radius 1 is 1.00 bits per heavy atom. The van der Waals surface area contributed by atoms with Crippen LogP contribution < -0.4 is 15.0 Å². The molecule has 0 saturated carbocycles. The Hall–Kier alpha value is -3.85. The highest BCUT2D eigenvalue weighted by molar-refractivity contribution is 6.31. The van der Waals surface area contributed by atoms with Gasteiger partial charge in [0.2, 0.25) is 5.91 Å². The molecule has 0 aliphatic carbocycles. The third-order valence-electron chi connectivity index (χ3n) is 7.63. The molecule has 43 heavy (non-hydrogen) atoms. The zero-order valence-electron chi connectivity index (χ0n) is 25.0. The molecule has 1 unspecified atom stereocenters. The molecule has 2 amide bonds.